The third-order valence-electron chi connectivity index (χ3n) is 3.69. The highest BCUT2D eigenvalue weighted by Gasteiger charge is 2.20. The highest BCUT2D eigenvalue weighted by Crippen LogP contribution is 2.14. The fourth-order valence-corrected chi connectivity index (χ4v) is 2.33. The van der Waals surface area contributed by atoms with Crippen LogP contribution in [0.15, 0.2) is 42.7 Å². The van der Waals surface area contributed by atoms with Crippen LogP contribution in [-0.2, 0) is 12.0 Å². The molecule has 0 atom stereocenters. The van der Waals surface area contributed by atoms with E-state index in [-0.39, 0.29) is 18.1 Å². The van der Waals surface area contributed by atoms with Crippen molar-refractivity contribution in [2.45, 2.75) is 32.7 Å². The van der Waals surface area contributed by atoms with Crippen molar-refractivity contribution in [2.24, 2.45) is 0 Å². The molecule has 0 radical (unpaired) electrons. The average molecular weight is 315 g/mol. The number of hydrogen-bond donors (Lipinski definition) is 1. The zero-order valence-electron chi connectivity index (χ0n) is 14.1. The Morgan fingerprint density at radius 3 is 2.48 bits per heavy atom. The van der Waals surface area contributed by atoms with Gasteiger partial charge in [0.2, 0.25) is 0 Å². The molecule has 5 heteroatoms. The van der Waals surface area contributed by atoms with Crippen molar-refractivity contribution in [3.63, 3.8) is 0 Å². The van der Waals surface area contributed by atoms with Crippen molar-refractivity contribution in [3.8, 4) is 0 Å². The minimum atomic E-state index is -0.162. The maximum Gasteiger partial charge on any atom is 0.257 e. The molecule has 0 aliphatic rings. The van der Waals surface area contributed by atoms with Crippen LogP contribution in [-0.4, -0.2) is 45.4 Å². The number of aliphatic hydroxyl groups excluding tert-OH is 1. The maximum atomic E-state index is 12.7. The molecule has 0 bridgehead atoms. The molecule has 124 valence electrons. The van der Waals surface area contributed by atoms with E-state index in [1.165, 1.54) is 5.56 Å². The summed E-state index contributed by atoms with van der Waals surface area (Å²) in [7, 11) is 0. The summed E-state index contributed by atoms with van der Waals surface area (Å²) in [5.74, 6) is -0.0921. The molecular formula is C18H25N3O2. The van der Waals surface area contributed by atoms with E-state index in [1.54, 1.807) is 22.0 Å². The Balaban J connectivity index is 2.07. The number of aromatic nitrogens is 2. The van der Waals surface area contributed by atoms with Gasteiger partial charge >= 0.3 is 0 Å². The summed E-state index contributed by atoms with van der Waals surface area (Å²) >= 11 is 0. The first-order valence-corrected chi connectivity index (χ1v) is 7.91. The Kier molecular flexibility index (Phi) is 5.55. The van der Waals surface area contributed by atoms with Crippen LogP contribution in [0.5, 0.6) is 0 Å². The number of carbonyl (C=O) groups is 1. The fourth-order valence-electron chi connectivity index (χ4n) is 2.33. The van der Waals surface area contributed by atoms with E-state index < -0.39 is 0 Å². The fraction of sp³-hybridized carbons (Fsp3) is 0.444. The maximum absolute atomic E-state index is 12.7. The Morgan fingerprint density at radius 2 is 1.91 bits per heavy atom. The Bertz CT molecular complexity index is 629. The van der Waals surface area contributed by atoms with Crippen molar-refractivity contribution >= 4 is 5.91 Å². The highest BCUT2D eigenvalue weighted by atomic mass is 16.3. The van der Waals surface area contributed by atoms with E-state index in [0.717, 1.165) is 6.42 Å². The summed E-state index contributed by atoms with van der Waals surface area (Å²) in [6, 6.07) is 10.0. The lowest BCUT2D eigenvalue weighted by Gasteiger charge is -2.21. The molecule has 1 N–H and O–H groups in total. The van der Waals surface area contributed by atoms with Gasteiger partial charge < -0.3 is 10.0 Å². The normalized spacial score (nSPS) is 11.5. The predicted molar refractivity (Wildman–Crippen MR) is 90.4 cm³/mol. The topological polar surface area (TPSA) is 58.4 Å². The highest BCUT2D eigenvalue weighted by molar-refractivity contribution is 5.93. The first-order valence-electron chi connectivity index (χ1n) is 7.91. The molecular weight excluding hydrogens is 290 g/mol. The summed E-state index contributed by atoms with van der Waals surface area (Å²) in [6.07, 6.45) is 4.13. The number of amides is 1. The van der Waals surface area contributed by atoms with Gasteiger partial charge in [-0.25, -0.2) is 0 Å². The van der Waals surface area contributed by atoms with E-state index >= 15 is 0 Å². The number of benzene rings is 1. The van der Waals surface area contributed by atoms with Gasteiger partial charge in [0.25, 0.3) is 5.91 Å². The monoisotopic (exact) mass is 315 g/mol. The molecule has 1 aromatic heterocycles. The van der Waals surface area contributed by atoms with Crippen LogP contribution >= 0.6 is 0 Å². The molecule has 0 unspecified atom stereocenters. The number of nitrogens with zero attached hydrogens (tertiary/aromatic N) is 3. The zero-order chi connectivity index (χ0) is 16.9. The molecule has 0 saturated carbocycles. The Morgan fingerprint density at radius 1 is 1.22 bits per heavy atom. The number of rotatable bonds is 6. The second-order valence-corrected chi connectivity index (χ2v) is 6.60. The largest absolute Gasteiger partial charge is 0.395 e. The molecule has 0 aliphatic heterocycles. The van der Waals surface area contributed by atoms with Gasteiger partial charge in [-0.2, -0.15) is 5.10 Å². The molecule has 1 amide bonds. The van der Waals surface area contributed by atoms with Crippen LogP contribution in [0.3, 0.4) is 0 Å². The molecule has 1 heterocycles. The van der Waals surface area contributed by atoms with Crippen molar-refractivity contribution < 1.29 is 9.90 Å². The predicted octanol–water partition coefficient (Wildman–Crippen LogP) is 2.32. The van der Waals surface area contributed by atoms with Gasteiger partial charge in [0.15, 0.2) is 0 Å². The second kappa shape index (κ2) is 7.42. The van der Waals surface area contributed by atoms with E-state index in [1.807, 2.05) is 51.1 Å². The Hall–Kier alpha value is -2.14. The van der Waals surface area contributed by atoms with Crippen LogP contribution in [0.25, 0.3) is 0 Å². The van der Waals surface area contributed by atoms with E-state index in [9.17, 15) is 9.90 Å². The minimum absolute atomic E-state index is 0.0477. The lowest BCUT2D eigenvalue weighted by Crippen LogP contribution is -2.35. The van der Waals surface area contributed by atoms with Gasteiger partial charge in [0.05, 0.1) is 23.9 Å². The number of aliphatic hydroxyl groups is 1. The summed E-state index contributed by atoms with van der Waals surface area (Å²) < 4.78 is 1.79. The molecule has 5 nitrogen and oxygen atoms in total. The summed E-state index contributed by atoms with van der Waals surface area (Å²) in [6.45, 7) is 6.96. The minimum Gasteiger partial charge on any atom is -0.395 e. The van der Waals surface area contributed by atoms with E-state index in [4.69, 9.17) is 0 Å². The van der Waals surface area contributed by atoms with Gasteiger partial charge in [-0.1, -0.05) is 30.3 Å². The molecule has 1 aromatic carbocycles. The van der Waals surface area contributed by atoms with Crippen LogP contribution in [0.2, 0.25) is 0 Å². The van der Waals surface area contributed by atoms with Crippen LogP contribution in [0, 0.1) is 0 Å². The van der Waals surface area contributed by atoms with Crippen molar-refractivity contribution in [1.82, 2.24) is 14.7 Å². The molecule has 2 aromatic rings. The smallest absolute Gasteiger partial charge is 0.257 e. The van der Waals surface area contributed by atoms with Crippen LogP contribution < -0.4 is 0 Å². The van der Waals surface area contributed by atoms with Crippen molar-refractivity contribution in [1.29, 1.82) is 0 Å². The zero-order valence-corrected chi connectivity index (χ0v) is 14.1. The second-order valence-electron chi connectivity index (χ2n) is 6.60. The molecule has 0 spiro atoms. The quantitative estimate of drug-likeness (QED) is 0.890. The SMILES string of the molecule is CC(C)(C)n1cc(C(=O)N(CCO)CCc2ccccc2)cn1. The standard InChI is InChI=1S/C18H25N3O2/c1-18(2,3)21-14-16(13-19-21)17(23)20(11-12-22)10-9-15-7-5-4-6-8-15/h4-8,13-14,22H,9-12H2,1-3H3. The molecule has 23 heavy (non-hydrogen) atoms. The van der Waals surface area contributed by atoms with Gasteiger partial charge in [0, 0.05) is 19.3 Å². The van der Waals surface area contributed by atoms with Gasteiger partial charge in [0.1, 0.15) is 0 Å². The summed E-state index contributed by atoms with van der Waals surface area (Å²) in [5, 5.41) is 13.5. The molecule has 0 fully saturated rings. The van der Waals surface area contributed by atoms with E-state index in [0.29, 0.717) is 18.7 Å². The third kappa shape index (κ3) is 4.66. The lowest BCUT2D eigenvalue weighted by atomic mass is 10.1. The van der Waals surface area contributed by atoms with Crippen molar-refractivity contribution in [3.05, 3.63) is 53.9 Å². The lowest BCUT2D eigenvalue weighted by molar-refractivity contribution is 0.0724. The van der Waals surface area contributed by atoms with Gasteiger partial charge in [-0.15, -0.1) is 0 Å². The van der Waals surface area contributed by atoms with Crippen LogP contribution in [0.1, 0.15) is 36.7 Å². The Labute approximate surface area is 137 Å². The van der Waals surface area contributed by atoms with Crippen molar-refractivity contribution in [2.75, 3.05) is 19.7 Å². The molecule has 0 saturated heterocycles. The average Bonchev–Trinajstić information content (AvgIpc) is 3.02. The number of carbonyl (C=O) groups excluding carboxylic acids is 1. The first kappa shape index (κ1) is 17.2. The summed E-state index contributed by atoms with van der Waals surface area (Å²) in [4.78, 5) is 14.3. The van der Waals surface area contributed by atoms with E-state index in [2.05, 4.69) is 5.10 Å². The van der Waals surface area contributed by atoms with Crippen LogP contribution in [0.4, 0.5) is 0 Å². The summed E-state index contributed by atoms with van der Waals surface area (Å²) in [5.41, 5.74) is 1.57. The van der Waals surface area contributed by atoms with Gasteiger partial charge in [-0.3, -0.25) is 9.48 Å². The van der Waals surface area contributed by atoms with Gasteiger partial charge in [-0.05, 0) is 32.8 Å². The molecule has 0 aliphatic carbocycles. The molecule has 2 rings (SSSR count). The third-order valence-corrected chi connectivity index (χ3v) is 3.69. The number of hydrogen-bond acceptors (Lipinski definition) is 3. The first-order chi connectivity index (χ1) is 10.9.